The number of allylic oxidation sites excluding steroid dienone is 7. The molecule has 5 aliphatic rings. The average Bonchev–Trinajstić information content (AvgIpc) is 0.677. The van der Waals surface area contributed by atoms with Gasteiger partial charge in [-0.15, -0.1) is 0 Å². The minimum atomic E-state index is -0.171. The summed E-state index contributed by atoms with van der Waals surface area (Å²) in [5.74, 6) is 0. The number of benzene rings is 10. The van der Waals surface area contributed by atoms with Crippen LogP contribution >= 0.6 is 0 Å². The molecule has 0 amide bonds. The highest BCUT2D eigenvalue weighted by Gasteiger charge is 2.51. The number of aryl methyl sites for hydroxylation is 7. The van der Waals surface area contributed by atoms with Crippen LogP contribution in [0, 0.1) is 53.9 Å². The summed E-state index contributed by atoms with van der Waals surface area (Å²) >= 11 is 0. The Hall–Kier alpha value is -9.98. The number of hydrogen-bond acceptors (Lipinski definition) is 6. The Labute approximate surface area is 527 Å². The average molecular weight is 1160 g/mol. The molecular formula is C82H75BN6. The second-order valence-electron chi connectivity index (χ2n) is 26.3. The molecule has 10 aromatic carbocycles. The lowest BCUT2D eigenvalue weighted by atomic mass is 9.31. The molecule has 0 saturated heterocycles. The lowest BCUT2D eigenvalue weighted by Gasteiger charge is -2.51. The van der Waals surface area contributed by atoms with E-state index in [0.29, 0.717) is 0 Å². The largest absolute Gasteiger partial charge is 0.315 e. The number of hydrogen-bond donors (Lipinski definition) is 0. The summed E-state index contributed by atoms with van der Waals surface area (Å²) in [6, 6.07) is 79.0. The van der Waals surface area contributed by atoms with Crippen molar-refractivity contribution < 1.29 is 0 Å². The molecule has 0 bridgehead atoms. The molecule has 10 aromatic rings. The van der Waals surface area contributed by atoms with Crippen molar-refractivity contribution in [1.82, 2.24) is 0 Å². The molecule has 0 radical (unpaired) electrons. The first-order valence-corrected chi connectivity index (χ1v) is 31.7. The van der Waals surface area contributed by atoms with Gasteiger partial charge in [0.1, 0.15) is 0 Å². The Balaban J connectivity index is 1.12. The fourth-order valence-corrected chi connectivity index (χ4v) is 14.0. The fourth-order valence-electron chi connectivity index (χ4n) is 14.0. The van der Waals surface area contributed by atoms with E-state index in [1.165, 1.54) is 78.0 Å². The summed E-state index contributed by atoms with van der Waals surface area (Å²) in [6.07, 6.45) is 14.8. The SMILES string of the molecule is CC1=CC=C(N2c3cc(N(C4=CCC(C)(C)C=C4)c4ccc(C)cc4)cc4c3B3c5c2cc(N(c2ccc(C)cc2)c2ccc(C)cc2)cc5N(c2ccc(C)cc2)c2cc(N(c5ccc(C)cc5)c5ccc(C)cc5)cc(c23)N4c2ccc(C)cc2)CC1. The van der Waals surface area contributed by atoms with Crippen molar-refractivity contribution in [3.8, 4) is 0 Å². The summed E-state index contributed by atoms with van der Waals surface area (Å²) in [4.78, 5) is 15.4. The molecule has 0 N–H and O–H groups in total. The van der Waals surface area contributed by atoms with Crippen LogP contribution in [0.25, 0.3) is 0 Å². The summed E-state index contributed by atoms with van der Waals surface area (Å²) < 4.78 is 0. The van der Waals surface area contributed by atoms with E-state index in [4.69, 9.17) is 0 Å². The van der Waals surface area contributed by atoms with E-state index in [1.807, 2.05) is 0 Å². The van der Waals surface area contributed by atoms with E-state index < -0.39 is 0 Å². The lowest BCUT2D eigenvalue weighted by molar-refractivity contribution is 0.481. The number of nitrogens with zero attached hydrogens (tertiary/aromatic N) is 6. The van der Waals surface area contributed by atoms with Gasteiger partial charge >= 0.3 is 0 Å². The second-order valence-corrected chi connectivity index (χ2v) is 26.3. The molecule has 0 saturated carbocycles. The fraction of sp³-hybridized carbons (Fsp3) is 0.171. The Morgan fingerprint density at radius 3 is 0.944 bits per heavy atom. The Bertz CT molecular complexity index is 4460. The standard InChI is InChI=1S/C82H75BN6/c1-53-11-27-61(28-12-53)84(62-29-13-54(2)14-30-62)70-47-73-79-75(49-70)88(67-39-23-59(7)24-40-67)77-51-72(86(65-35-19-57(5)20-36-65)69-43-45-82(9,10)46-44-69)52-78-81(77)83(79)80-74(87(73)66-37-21-58(6)22-38-66)48-71(50-76(80)89(78)68-41-25-60(8)26-42-68)85(63-31-15-55(3)16-32-63)64-33-17-56(4)18-34-64/h11-25,27-41,43-45,47-52H,26,42,46H2,1-10H3. The van der Waals surface area contributed by atoms with E-state index >= 15 is 0 Å². The van der Waals surface area contributed by atoms with Gasteiger partial charge in [0, 0.05) is 85.3 Å². The Kier molecular flexibility index (Phi) is 13.6. The van der Waals surface area contributed by atoms with Crippen molar-refractivity contribution in [2.24, 2.45) is 5.41 Å². The van der Waals surface area contributed by atoms with Crippen LogP contribution in [0.3, 0.4) is 0 Å². The summed E-state index contributed by atoms with van der Waals surface area (Å²) in [6.45, 7) is 22.1. The molecule has 6 nitrogen and oxygen atoms in total. The third-order valence-corrected chi connectivity index (χ3v) is 18.9. The van der Waals surface area contributed by atoms with E-state index in [0.717, 1.165) is 105 Å². The molecule has 15 rings (SSSR count). The molecule has 0 fully saturated rings. The van der Waals surface area contributed by atoms with Gasteiger partial charge < -0.3 is 29.4 Å². The van der Waals surface area contributed by atoms with E-state index in [-0.39, 0.29) is 12.1 Å². The summed E-state index contributed by atoms with van der Waals surface area (Å²) in [5, 5.41) is 0. The van der Waals surface area contributed by atoms with Gasteiger partial charge in [0.25, 0.3) is 6.71 Å². The predicted octanol–water partition coefficient (Wildman–Crippen LogP) is 21.0. The minimum Gasteiger partial charge on any atom is -0.315 e. The Morgan fingerprint density at radius 1 is 0.337 bits per heavy atom. The molecule has 0 atom stereocenters. The zero-order valence-corrected chi connectivity index (χ0v) is 52.9. The first kappa shape index (κ1) is 55.6. The van der Waals surface area contributed by atoms with Gasteiger partial charge in [-0.2, -0.15) is 0 Å². The van der Waals surface area contributed by atoms with Crippen LogP contribution in [0.15, 0.2) is 254 Å². The van der Waals surface area contributed by atoms with Crippen LogP contribution in [0.5, 0.6) is 0 Å². The van der Waals surface area contributed by atoms with Crippen molar-refractivity contribution in [3.05, 3.63) is 293 Å². The van der Waals surface area contributed by atoms with Gasteiger partial charge in [0.15, 0.2) is 0 Å². The molecule has 7 heteroatoms. The molecule has 436 valence electrons. The van der Waals surface area contributed by atoms with Gasteiger partial charge in [-0.3, -0.25) is 0 Å². The smallest absolute Gasteiger partial charge is 0.257 e. The molecule has 0 unspecified atom stereocenters. The molecule has 89 heavy (non-hydrogen) atoms. The Morgan fingerprint density at radius 2 is 0.640 bits per heavy atom. The second kappa shape index (κ2) is 21.7. The molecule has 0 spiro atoms. The quantitative estimate of drug-likeness (QED) is 0.113. The zero-order chi connectivity index (χ0) is 61.0. The lowest BCUT2D eigenvalue weighted by Crippen LogP contribution is -2.65. The van der Waals surface area contributed by atoms with E-state index in [2.05, 4.69) is 335 Å². The first-order valence-electron chi connectivity index (χ1n) is 31.7. The van der Waals surface area contributed by atoms with E-state index in [9.17, 15) is 0 Å². The number of anilines is 16. The zero-order valence-electron chi connectivity index (χ0n) is 52.9. The maximum atomic E-state index is 2.69. The highest BCUT2D eigenvalue weighted by atomic mass is 15.3. The third kappa shape index (κ3) is 9.85. The van der Waals surface area contributed by atoms with Crippen LogP contribution in [0.2, 0.25) is 0 Å². The van der Waals surface area contributed by atoms with Crippen LogP contribution < -0.4 is 45.8 Å². The van der Waals surface area contributed by atoms with Crippen molar-refractivity contribution in [1.29, 1.82) is 0 Å². The van der Waals surface area contributed by atoms with Gasteiger partial charge in [-0.1, -0.05) is 162 Å². The topological polar surface area (TPSA) is 19.4 Å². The van der Waals surface area contributed by atoms with Crippen LogP contribution in [-0.4, -0.2) is 6.71 Å². The van der Waals surface area contributed by atoms with Crippen molar-refractivity contribution in [3.63, 3.8) is 0 Å². The third-order valence-electron chi connectivity index (χ3n) is 18.9. The van der Waals surface area contributed by atoms with Crippen LogP contribution in [0.4, 0.5) is 91.0 Å². The predicted molar refractivity (Wildman–Crippen MR) is 380 cm³/mol. The highest BCUT2D eigenvalue weighted by molar-refractivity contribution is 7.02. The van der Waals surface area contributed by atoms with Crippen LogP contribution in [-0.2, 0) is 0 Å². The molecule has 2 aliphatic carbocycles. The van der Waals surface area contributed by atoms with Crippen molar-refractivity contribution in [2.75, 3.05) is 29.4 Å². The van der Waals surface area contributed by atoms with E-state index in [1.54, 1.807) is 0 Å². The maximum Gasteiger partial charge on any atom is 0.257 e. The normalized spacial score (nSPS) is 14.9. The monoisotopic (exact) mass is 1150 g/mol. The first-order chi connectivity index (χ1) is 43.1. The number of rotatable bonds is 12. The highest BCUT2D eigenvalue weighted by Crippen LogP contribution is 2.55. The van der Waals surface area contributed by atoms with Gasteiger partial charge in [-0.05, 0) is 230 Å². The van der Waals surface area contributed by atoms with Gasteiger partial charge in [-0.25, -0.2) is 0 Å². The van der Waals surface area contributed by atoms with Crippen molar-refractivity contribution in [2.45, 2.75) is 88.5 Å². The maximum absolute atomic E-state index is 2.69. The minimum absolute atomic E-state index is 0.0320. The molecule has 3 heterocycles. The molecular weight excluding hydrogens is 1080 g/mol. The summed E-state index contributed by atoms with van der Waals surface area (Å²) in [5.41, 5.74) is 34.2. The molecule has 3 aliphatic heterocycles. The summed E-state index contributed by atoms with van der Waals surface area (Å²) in [7, 11) is 0. The van der Waals surface area contributed by atoms with Crippen LogP contribution in [0.1, 0.15) is 79.0 Å². The van der Waals surface area contributed by atoms with Crippen molar-refractivity contribution >= 4 is 114 Å². The van der Waals surface area contributed by atoms with Gasteiger partial charge in [0.2, 0.25) is 0 Å². The van der Waals surface area contributed by atoms with Gasteiger partial charge in [0.05, 0.1) is 17.1 Å². The molecule has 0 aromatic heterocycles.